The fraction of sp³-hybridized carbons (Fsp3) is 0.0455. The molecule has 0 fully saturated rings. The molecule has 0 saturated carbocycles. The largest absolute Gasteiger partial charge is 0.497 e. The van der Waals surface area contributed by atoms with Crippen molar-refractivity contribution in [2.75, 3.05) is 17.7 Å². The van der Waals surface area contributed by atoms with Crippen molar-refractivity contribution in [1.82, 2.24) is 5.43 Å². The summed E-state index contributed by atoms with van der Waals surface area (Å²) in [4.78, 5) is 24.1. The molecule has 3 N–H and O–H groups in total. The van der Waals surface area contributed by atoms with E-state index in [1.165, 1.54) is 36.5 Å². The van der Waals surface area contributed by atoms with E-state index in [4.69, 9.17) is 4.74 Å². The number of urea groups is 1. The van der Waals surface area contributed by atoms with Crippen LogP contribution in [0, 0.1) is 5.82 Å². The van der Waals surface area contributed by atoms with E-state index in [1.807, 2.05) is 0 Å². The topological polar surface area (TPSA) is 91.8 Å². The lowest BCUT2D eigenvalue weighted by molar-refractivity contribution is 0.0955. The number of hydrazone groups is 1. The van der Waals surface area contributed by atoms with Gasteiger partial charge in [-0.05, 0) is 66.2 Å². The number of hydrogen-bond donors (Lipinski definition) is 3. The molecule has 0 unspecified atom stereocenters. The summed E-state index contributed by atoms with van der Waals surface area (Å²) in [6.07, 6.45) is 1.51. The molecule has 30 heavy (non-hydrogen) atoms. The van der Waals surface area contributed by atoms with Crippen molar-refractivity contribution in [2.24, 2.45) is 5.10 Å². The summed E-state index contributed by atoms with van der Waals surface area (Å²) in [5, 5.41) is 8.90. The van der Waals surface area contributed by atoms with Crippen molar-refractivity contribution < 1.29 is 18.7 Å². The summed E-state index contributed by atoms with van der Waals surface area (Å²) in [6, 6.07) is 18.6. The number of methoxy groups -OCH3 is 1. The lowest BCUT2D eigenvalue weighted by Crippen LogP contribution is -2.20. The third-order valence-corrected chi connectivity index (χ3v) is 4.02. The van der Waals surface area contributed by atoms with Crippen molar-refractivity contribution in [3.63, 3.8) is 0 Å². The lowest BCUT2D eigenvalue weighted by Gasteiger charge is -2.08. The Bertz CT molecular complexity index is 1050. The Balaban J connectivity index is 1.52. The molecular weight excluding hydrogens is 387 g/mol. The van der Waals surface area contributed by atoms with Crippen LogP contribution in [0.15, 0.2) is 77.9 Å². The molecule has 0 bridgehead atoms. The number of anilines is 2. The van der Waals surface area contributed by atoms with Crippen LogP contribution in [-0.2, 0) is 0 Å². The number of para-hydroxylation sites is 1. The molecule has 0 saturated heterocycles. The third-order valence-electron chi connectivity index (χ3n) is 4.02. The van der Waals surface area contributed by atoms with E-state index in [2.05, 4.69) is 21.2 Å². The average Bonchev–Trinajstić information content (AvgIpc) is 2.76. The molecule has 0 spiro atoms. The second-order valence-corrected chi connectivity index (χ2v) is 6.11. The zero-order valence-electron chi connectivity index (χ0n) is 16.1. The van der Waals surface area contributed by atoms with Gasteiger partial charge in [0.15, 0.2) is 0 Å². The standard InChI is InChI=1S/C22H19FN4O3/c1-30-18-12-6-15(7-13-18)14-24-27-21(28)16-8-10-17(11-9-16)25-22(29)26-20-5-3-2-4-19(20)23/h2-14H,1H3,(H,27,28)(H2,25,26,29)/b24-14+. The molecule has 0 radical (unpaired) electrons. The van der Waals surface area contributed by atoms with E-state index in [9.17, 15) is 14.0 Å². The highest BCUT2D eigenvalue weighted by Crippen LogP contribution is 2.14. The number of benzene rings is 3. The first-order chi connectivity index (χ1) is 14.5. The maximum atomic E-state index is 13.6. The minimum Gasteiger partial charge on any atom is -0.497 e. The number of carbonyl (C=O) groups excluding carboxylic acids is 2. The molecule has 0 aromatic heterocycles. The van der Waals surface area contributed by atoms with Gasteiger partial charge in [0.05, 0.1) is 19.0 Å². The maximum absolute atomic E-state index is 13.6. The van der Waals surface area contributed by atoms with E-state index >= 15 is 0 Å². The minimum atomic E-state index is -0.596. The molecule has 0 aliphatic carbocycles. The Labute approximate surface area is 172 Å². The SMILES string of the molecule is COc1ccc(/C=N/NC(=O)c2ccc(NC(=O)Nc3ccccc3F)cc2)cc1. The summed E-state index contributed by atoms with van der Waals surface area (Å²) in [6.45, 7) is 0. The monoisotopic (exact) mass is 406 g/mol. The van der Waals surface area contributed by atoms with Gasteiger partial charge in [0, 0.05) is 11.3 Å². The molecule has 3 rings (SSSR count). The van der Waals surface area contributed by atoms with Gasteiger partial charge in [0.2, 0.25) is 0 Å². The number of nitrogens with one attached hydrogen (secondary N) is 3. The predicted molar refractivity (Wildman–Crippen MR) is 114 cm³/mol. The molecule has 8 heteroatoms. The maximum Gasteiger partial charge on any atom is 0.323 e. The van der Waals surface area contributed by atoms with Gasteiger partial charge in [-0.3, -0.25) is 4.79 Å². The molecule has 7 nitrogen and oxygen atoms in total. The summed E-state index contributed by atoms with van der Waals surface area (Å²) in [5.74, 6) is -0.204. The second-order valence-electron chi connectivity index (χ2n) is 6.11. The first-order valence-electron chi connectivity index (χ1n) is 8.95. The van der Waals surface area contributed by atoms with E-state index in [0.717, 1.165) is 11.3 Å². The number of nitrogens with zero attached hydrogens (tertiary/aromatic N) is 1. The Hall–Kier alpha value is -4.20. The Kier molecular flexibility index (Phi) is 6.73. The van der Waals surface area contributed by atoms with E-state index in [1.54, 1.807) is 49.6 Å². The summed E-state index contributed by atoms with van der Waals surface area (Å²) >= 11 is 0. The van der Waals surface area contributed by atoms with Crippen molar-refractivity contribution >= 4 is 29.5 Å². The van der Waals surface area contributed by atoms with Gasteiger partial charge in [-0.25, -0.2) is 14.6 Å². The Morgan fingerprint density at radius 3 is 2.30 bits per heavy atom. The highest BCUT2D eigenvalue weighted by atomic mass is 19.1. The normalized spacial score (nSPS) is 10.5. The fourth-order valence-electron chi connectivity index (χ4n) is 2.47. The van der Waals surface area contributed by atoms with Gasteiger partial charge >= 0.3 is 6.03 Å². The number of ether oxygens (including phenoxy) is 1. The first kappa shape index (κ1) is 20.5. The van der Waals surface area contributed by atoms with Crippen LogP contribution >= 0.6 is 0 Å². The van der Waals surface area contributed by atoms with Crippen LogP contribution in [0.2, 0.25) is 0 Å². The van der Waals surface area contributed by atoms with Crippen molar-refractivity contribution in [2.45, 2.75) is 0 Å². The van der Waals surface area contributed by atoms with Crippen LogP contribution in [0.3, 0.4) is 0 Å². The average molecular weight is 406 g/mol. The molecule has 0 aliphatic heterocycles. The highest BCUT2D eigenvalue weighted by Gasteiger charge is 2.08. The Morgan fingerprint density at radius 2 is 1.63 bits per heavy atom. The molecule has 3 aromatic rings. The molecule has 0 heterocycles. The predicted octanol–water partition coefficient (Wildman–Crippen LogP) is 4.24. The van der Waals surface area contributed by atoms with Gasteiger partial charge < -0.3 is 15.4 Å². The van der Waals surface area contributed by atoms with Crippen molar-refractivity contribution in [3.8, 4) is 5.75 Å². The summed E-state index contributed by atoms with van der Waals surface area (Å²) in [5.41, 5.74) is 4.11. The number of carbonyl (C=O) groups is 2. The van der Waals surface area contributed by atoms with Gasteiger partial charge in [-0.2, -0.15) is 5.10 Å². The molecule has 0 aliphatic rings. The summed E-state index contributed by atoms with van der Waals surface area (Å²) < 4.78 is 18.6. The number of rotatable bonds is 6. The minimum absolute atomic E-state index is 0.0701. The van der Waals surface area contributed by atoms with Crippen molar-refractivity contribution in [3.05, 3.63) is 89.7 Å². The van der Waals surface area contributed by atoms with Crippen LogP contribution in [0.25, 0.3) is 0 Å². The zero-order chi connectivity index (χ0) is 21.3. The Morgan fingerprint density at radius 1 is 0.933 bits per heavy atom. The zero-order valence-corrected chi connectivity index (χ0v) is 16.1. The van der Waals surface area contributed by atoms with Crippen LogP contribution in [0.1, 0.15) is 15.9 Å². The van der Waals surface area contributed by atoms with E-state index in [-0.39, 0.29) is 5.69 Å². The number of halogens is 1. The van der Waals surface area contributed by atoms with Gasteiger partial charge in [-0.1, -0.05) is 12.1 Å². The third kappa shape index (κ3) is 5.65. The van der Waals surface area contributed by atoms with Gasteiger partial charge in [-0.15, -0.1) is 0 Å². The number of hydrogen-bond acceptors (Lipinski definition) is 4. The quantitative estimate of drug-likeness (QED) is 0.422. The first-order valence-corrected chi connectivity index (χ1v) is 8.95. The smallest absolute Gasteiger partial charge is 0.323 e. The van der Waals surface area contributed by atoms with Crippen LogP contribution in [0.4, 0.5) is 20.6 Å². The number of amides is 3. The van der Waals surface area contributed by atoms with Gasteiger partial charge in [0.25, 0.3) is 5.91 Å². The van der Waals surface area contributed by atoms with E-state index in [0.29, 0.717) is 11.3 Å². The van der Waals surface area contributed by atoms with Crippen LogP contribution in [-0.4, -0.2) is 25.3 Å². The fourth-order valence-corrected chi connectivity index (χ4v) is 2.47. The van der Waals surface area contributed by atoms with Crippen LogP contribution in [0.5, 0.6) is 5.75 Å². The molecular formula is C22H19FN4O3. The highest BCUT2D eigenvalue weighted by molar-refractivity contribution is 6.00. The molecule has 0 atom stereocenters. The molecule has 3 aromatic carbocycles. The second kappa shape index (κ2) is 9.83. The van der Waals surface area contributed by atoms with E-state index < -0.39 is 17.8 Å². The molecule has 3 amide bonds. The summed E-state index contributed by atoms with van der Waals surface area (Å²) in [7, 11) is 1.58. The van der Waals surface area contributed by atoms with Crippen LogP contribution < -0.4 is 20.8 Å². The van der Waals surface area contributed by atoms with Crippen molar-refractivity contribution in [1.29, 1.82) is 0 Å². The molecule has 152 valence electrons. The lowest BCUT2D eigenvalue weighted by atomic mass is 10.2. The van der Waals surface area contributed by atoms with Gasteiger partial charge in [0.1, 0.15) is 11.6 Å².